The molecule has 0 aliphatic rings. The molecule has 2 heterocycles. The monoisotopic (exact) mass is 554 g/mol. The normalized spacial score (nSPS) is 12.3. The molecule has 192 valence electrons. The van der Waals surface area contributed by atoms with Crippen LogP contribution in [0, 0.1) is 0 Å². The maximum absolute atomic E-state index is 14.4. The van der Waals surface area contributed by atoms with Gasteiger partial charge in [0.15, 0.2) is 0 Å². The fourth-order valence-corrected chi connectivity index (χ4v) is 5.03. The second-order valence-corrected chi connectivity index (χ2v) is 9.66. The fraction of sp³-hybridized carbons (Fsp3) is 0.120. The smallest absolute Gasteiger partial charge is 0.321 e. The first-order chi connectivity index (χ1) is 17.4. The zero-order chi connectivity index (χ0) is 26.8. The summed E-state index contributed by atoms with van der Waals surface area (Å²) in [5, 5.41) is 8.20. The van der Waals surface area contributed by atoms with E-state index in [-0.39, 0.29) is 11.4 Å². The van der Waals surface area contributed by atoms with Crippen molar-refractivity contribution in [3.05, 3.63) is 104 Å². The number of alkyl halides is 6. The van der Waals surface area contributed by atoms with Gasteiger partial charge in [-0.05, 0) is 58.3 Å². The Morgan fingerprint density at radius 2 is 0.919 bits per heavy atom. The molecule has 2 N–H and O–H groups in total. The maximum Gasteiger partial charge on any atom is 0.411 e. The van der Waals surface area contributed by atoms with Crippen LogP contribution in [0.25, 0.3) is 0 Å². The van der Waals surface area contributed by atoms with Crippen molar-refractivity contribution in [2.75, 3.05) is 10.6 Å². The average molecular weight is 555 g/mol. The van der Waals surface area contributed by atoms with Gasteiger partial charge in [-0.1, -0.05) is 36.4 Å². The summed E-state index contributed by atoms with van der Waals surface area (Å²) in [4.78, 5) is 25.0. The lowest BCUT2D eigenvalue weighted by atomic mass is 9.73. The van der Waals surface area contributed by atoms with Crippen LogP contribution in [-0.2, 0) is 5.41 Å². The molecule has 2 amide bonds. The highest BCUT2D eigenvalue weighted by Crippen LogP contribution is 2.56. The van der Waals surface area contributed by atoms with E-state index in [1.54, 1.807) is 22.9 Å². The largest absolute Gasteiger partial charge is 0.411 e. The number of rotatable bonds is 6. The van der Waals surface area contributed by atoms with Gasteiger partial charge in [0.2, 0.25) is 5.41 Å². The van der Waals surface area contributed by atoms with Crippen LogP contribution in [0.4, 0.5) is 37.7 Å². The Morgan fingerprint density at radius 3 is 1.19 bits per heavy atom. The highest BCUT2D eigenvalue weighted by Gasteiger charge is 2.72. The van der Waals surface area contributed by atoms with E-state index >= 15 is 0 Å². The first kappa shape index (κ1) is 26.4. The molecule has 0 aliphatic carbocycles. The van der Waals surface area contributed by atoms with E-state index in [1.165, 1.54) is 12.1 Å². The van der Waals surface area contributed by atoms with Crippen molar-refractivity contribution in [3.63, 3.8) is 0 Å². The summed E-state index contributed by atoms with van der Waals surface area (Å²) in [6.07, 6.45) is -11.5. The number of benzene rings is 2. The fourth-order valence-electron chi connectivity index (χ4n) is 3.79. The molecular formula is C25H16F6N2O2S2. The maximum atomic E-state index is 14.4. The van der Waals surface area contributed by atoms with Gasteiger partial charge in [0.05, 0.1) is 9.75 Å². The Kier molecular flexibility index (Phi) is 7.16. The molecule has 2 aromatic heterocycles. The number of halogens is 6. The molecule has 0 unspecified atom stereocenters. The molecule has 37 heavy (non-hydrogen) atoms. The van der Waals surface area contributed by atoms with Crippen molar-refractivity contribution in [1.29, 1.82) is 0 Å². The van der Waals surface area contributed by atoms with Crippen molar-refractivity contribution >= 4 is 45.9 Å². The van der Waals surface area contributed by atoms with Gasteiger partial charge in [-0.25, -0.2) is 0 Å². The van der Waals surface area contributed by atoms with Crippen LogP contribution in [0.1, 0.15) is 30.5 Å². The first-order valence-electron chi connectivity index (χ1n) is 10.5. The van der Waals surface area contributed by atoms with Gasteiger partial charge in [0.1, 0.15) is 0 Å². The highest BCUT2D eigenvalue weighted by atomic mass is 32.1. The number of carbonyl (C=O) groups excluding carboxylic acids is 2. The molecule has 0 atom stereocenters. The van der Waals surface area contributed by atoms with E-state index in [0.29, 0.717) is 34.0 Å². The van der Waals surface area contributed by atoms with Gasteiger partial charge in [-0.3, -0.25) is 9.59 Å². The topological polar surface area (TPSA) is 58.2 Å². The molecule has 4 aromatic rings. The van der Waals surface area contributed by atoms with E-state index < -0.39 is 40.7 Å². The molecule has 4 nitrogen and oxygen atoms in total. The molecule has 4 rings (SSSR count). The van der Waals surface area contributed by atoms with E-state index in [1.807, 2.05) is 0 Å². The predicted molar refractivity (Wildman–Crippen MR) is 130 cm³/mol. The number of carbonyl (C=O) groups is 2. The zero-order valence-corrected chi connectivity index (χ0v) is 20.1. The van der Waals surface area contributed by atoms with E-state index in [9.17, 15) is 35.9 Å². The minimum absolute atomic E-state index is 0.0343. The molecule has 0 fully saturated rings. The molecule has 0 saturated carbocycles. The zero-order valence-electron chi connectivity index (χ0n) is 18.5. The molecular weight excluding hydrogens is 538 g/mol. The molecule has 0 spiro atoms. The third-order valence-corrected chi connectivity index (χ3v) is 7.23. The summed E-state index contributed by atoms with van der Waals surface area (Å²) in [6.45, 7) is 0. The quantitative estimate of drug-likeness (QED) is 0.240. The lowest BCUT2D eigenvalue weighted by Crippen LogP contribution is -2.54. The number of hydrogen-bond donors (Lipinski definition) is 2. The molecule has 12 heteroatoms. The summed E-state index contributed by atoms with van der Waals surface area (Å²) in [6, 6.07) is 13.0. The number of hydrogen-bond acceptors (Lipinski definition) is 4. The van der Waals surface area contributed by atoms with Crippen LogP contribution in [0.3, 0.4) is 0 Å². The van der Waals surface area contributed by atoms with Crippen LogP contribution in [0.15, 0.2) is 83.6 Å². The SMILES string of the molecule is O=C(Nc1ccc(C(c2ccc(NC(=O)c3cccs3)cc2)(C(F)(F)F)C(F)(F)F)cc1)c1cccs1. The Labute approximate surface area is 214 Å². The van der Waals surface area contributed by atoms with E-state index in [2.05, 4.69) is 10.6 Å². The van der Waals surface area contributed by atoms with E-state index in [4.69, 9.17) is 0 Å². The van der Waals surface area contributed by atoms with Crippen LogP contribution in [0.2, 0.25) is 0 Å². The van der Waals surface area contributed by atoms with Gasteiger partial charge in [-0.15, -0.1) is 22.7 Å². The Hall–Kier alpha value is -3.64. The standard InChI is InChI=1S/C25H16F6N2O2S2/c26-24(27,28)23(25(29,30)31,15-5-9-17(10-6-15)32-21(34)19-3-1-13-36-19)16-7-11-18(12-8-16)33-22(35)20-4-2-14-37-20/h1-14H,(H,32,34)(H,33,35). The summed E-state index contributed by atoms with van der Waals surface area (Å²) >= 11 is 2.26. The molecule has 0 radical (unpaired) electrons. The summed E-state index contributed by atoms with van der Waals surface area (Å²) in [5.41, 5.74) is -6.43. The highest BCUT2D eigenvalue weighted by molar-refractivity contribution is 7.12. The third kappa shape index (κ3) is 5.12. The second kappa shape index (κ2) is 10.0. The van der Waals surface area contributed by atoms with E-state index in [0.717, 1.165) is 46.9 Å². The molecule has 2 aromatic carbocycles. The molecule has 0 bridgehead atoms. The molecule has 0 aliphatic heterocycles. The predicted octanol–water partition coefficient (Wildman–Crippen LogP) is 7.72. The lowest BCUT2D eigenvalue weighted by molar-refractivity contribution is -0.288. The lowest BCUT2D eigenvalue weighted by Gasteiger charge is -2.38. The second-order valence-electron chi connectivity index (χ2n) is 7.76. The van der Waals surface area contributed by atoms with Crippen LogP contribution >= 0.6 is 22.7 Å². The summed E-state index contributed by atoms with van der Waals surface area (Å²) in [5.74, 6) is -1.08. The third-order valence-electron chi connectivity index (χ3n) is 5.49. The van der Waals surface area contributed by atoms with Crippen molar-refractivity contribution in [2.24, 2.45) is 0 Å². The van der Waals surface area contributed by atoms with Gasteiger partial charge in [-0.2, -0.15) is 26.3 Å². The van der Waals surface area contributed by atoms with Gasteiger partial charge in [0, 0.05) is 11.4 Å². The summed E-state index contributed by atoms with van der Waals surface area (Å²) < 4.78 is 86.3. The Morgan fingerprint density at radius 1 is 0.568 bits per heavy atom. The number of nitrogens with one attached hydrogen (secondary N) is 2. The van der Waals surface area contributed by atoms with Gasteiger partial charge in [0.25, 0.3) is 11.8 Å². The number of anilines is 2. The Balaban J connectivity index is 1.69. The minimum atomic E-state index is -5.77. The van der Waals surface area contributed by atoms with Crippen LogP contribution in [0.5, 0.6) is 0 Å². The average Bonchev–Trinajstić information content (AvgIpc) is 3.55. The van der Waals surface area contributed by atoms with Gasteiger partial charge < -0.3 is 10.6 Å². The van der Waals surface area contributed by atoms with Crippen molar-refractivity contribution in [2.45, 2.75) is 17.8 Å². The number of amides is 2. The van der Waals surface area contributed by atoms with Crippen molar-refractivity contribution in [1.82, 2.24) is 0 Å². The van der Waals surface area contributed by atoms with Crippen LogP contribution < -0.4 is 10.6 Å². The molecule has 0 saturated heterocycles. The number of thiophene rings is 2. The minimum Gasteiger partial charge on any atom is -0.321 e. The van der Waals surface area contributed by atoms with Gasteiger partial charge >= 0.3 is 12.4 Å². The van der Waals surface area contributed by atoms with Crippen molar-refractivity contribution < 1.29 is 35.9 Å². The Bertz CT molecular complexity index is 1260. The van der Waals surface area contributed by atoms with Crippen molar-refractivity contribution in [3.8, 4) is 0 Å². The first-order valence-corrected chi connectivity index (χ1v) is 12.2. The summed E-state index contributed by atoms with van der Waals surface area (Å²) in [7, 11) is 0. The van der Waals surface area contributed by atoms with Crippen LogP contribution in [-0.4, -0.2) is 24.2 Å².